The summed E-state index contributed by atoms with van der Waals surface area (Å²) >= 11 is 6.25. The molecule has 2 amide bonds. The number of carbonyl (C=O) groups is 2. The summed E-state index contributed by atoms with van der Waals surface area (Å²) in [5.74, 6) is 0.432. The molecule has 0 spiro atoms. The second kappa shape index (κ2) is 10.7. The summed E-state index contributed by atoms with van der Waals surface area (Å²) in [4.78, 5) is 27.7. The van der Waals surface area contributed by atoms with E-state index in [0.717, 1.165) is 11.3 Å². The molecular weight excluding hydrogens is 428 g/mol. The number of hydrogen-bond donors (Lipinski definition) is 1. The van der Waals surface area contributed by atoms with Crippen molar-refractivity contribution < 1.29 is 19.1 Å². The Morgan fingerprint density at radius 1 is 1.06 bits per heavy atom. The van der Waals surface area contributed by atoms with Crippen molar-refractivity contribution in [2.45, 2.75) is 27.2 Å². The third kappa shape index (κ3) is 5.50. The van der Waals surface area contributed by atoms with Crippen LogP contribution in [0, 0.1) is 12.8 Å². The second-order valence-electron chi connectivity index (χ2n) is 8.18. The van der Waals surface area contributed by atoms with Gasteiger partial charge in [-0.2, -0.15) is 0 Å². The molecule has 0 saturated heterocycles. The van der Waals surface area contributed by atoms with E-state index >= 15 is 0 Å². The first-order chi connectivity index (χ1) is 15.3. The highest BCUT2D eigenvalue weighted by atomic mass is 35.5. The molecule has 7 heteroatoms. The van der Waals surface area contributed by atoms with Gasteiger partial charge in [0.15, 0.2) is 0 Å². The van der Waals surface area contributed by atoms with E-state index in [4.69, 9.17) is 21.1 Å². The Balaban J connectivity index is 1.94. The number of halogens is 1. The van der Waals surface area contributed by atoms with E-state index in [1.54, 1.807) is 25.3 Å². The van der Waals surface area contributed by atoms with Gasteiger partial charge in [0.2, 0.25) is 0 Å². The number of nitrogens with zero attached hydrogens (tertiary/aromatic N) is 1. The molecule has 32 heavy (non-hydrogen) atoms. The number of aryl methyl sites for hydroxylation is 1. The lowest BCUT2D eigenvalue weighted by Crippen LogP contribution is -2.33. The van der Waals surface area contributed by atoms with Gasteiger partial charge in [0.05, 0.1) is 12.2 Å². The summed E-state index contributed by atoms with van der Waals surface area (Å²) in [7, 11) is 1.59. The van der Waals surface area contributed by atoms with Crippen LogP contribution in [0.2, 0.25) is 5.02 Å². The van der Waals surface area contributed by atoms with Crippen molar-refractivity contribution in [1.29, 1.82) is 0 Å². The quantitative estimate of drug-likeness (QED) is 0.406. The van der Waals surface area contributed by atoms with E-state index in [9.17, 15) is 9.59 Å². The molecule has 6 nitrogen and oxygen atoms in total. The van der Waals surface area contributed by atoms with E-state index in [2.05, 4.69) is 19.2 Å². The average molecular weight is 457 g/mol. The molecule has 0 saturated carbocycles. The Labute approximate surface area is 194 Å². The average Bonchev–Trinajstić information content (AvgIpc) is 2.99. The van der Waals surface area contributed by atoms with Gasteiger partial charge in [0.1, 0.15) is 11.4 Å². The second-order valence-corrected chi connectivity index (χ2v) is 8.58. The molecule has 2 aromatic carbocycles. The van der Waals surface area contributed by atoms with Gasteiger partial charge in [-0.3, -0.25) is 14.5 Å². The molecule has 1 heterocycles. The van der Waals surface area contributed by atoms with Gasteiger partial charge in [-0.1, -0.05) is 43.6 Å². The Hall–Kier alpha value is -2.83. The van der Waals surface area contributed by atoms with Crippen LogP contribution in [0.1, 0.15) is 31.4 Å². The van der Waals surface area contributed by atoms with E-state index in [-0.39, 0.29) is 24.1 Å². The largest absolute Gasteiger partial charge is 0.493 e. The van der Waals surface area contributed by atoms with Crippen LogP contribution in [-0.4, -0.2) is 43.6 Å². The lowest BCUT2D eigenvalue weighted by atomic mass is 10.0. The highest BCUT2D eigenvalue weighted by Gasteiger charge is 2.38. The Morgan fingerprint density at radius 2 is 1.78 bits per heavy atom. The van der Waals surface area contributed by atoms with Crippen LogP contribution in [0.4, 0.5) is 5.69 Å². The number of anilines is 1. The number of amides is 2. The smallest absolute Gasteiger partial charge is 0.278 e. The molecular formula is C25H29ClN2O4. The number of nitrogens with one attached hydrogen (secondary N) is 1. The highest BCUT2D eigenvalue weighted by Crippen LogP contribution is 2.32. The zero-order valence-corrected chi connectivity index (χ0v) is 19.7. The van der Waals surface area contributed by atoms with Crippen LogP contribution in [0.25, 0.3) is 5.57 Å². The van der Waals surface area contributed by atoms with Crippen LogP contribution in [0.15, 0.2) is 48.2 Å². The van der Waals surface area contributed by atoms with Crippen molar-refractivity contribution in [3.8, 4) is 5.75 Å². The van der Waals surface area contributed by atoms with Crippen LogP contribution >= 0.6 is 11.6 Å². The van der Waals surface area contributed by atoms with E-state index < -0.39 is 0 Å². The van der Waals surface area contributed by atoms with Crippen LogP contribution in [0.3, 0.4) is 0 Å². The monoisotopic (exact) mass is 456 g/mol. The zero-order valence-electron chi connectivity index (χ0n) is 18.9. The summed E-state index contributed by atoms with van der Waals surface area (Å²) in [6.07, 6.45) is 0.562. The fourth-order valence-corrected chi connectivity index (χ4v) is 3.51. The van der Waals surface area contributed by atoms with Crippen molar-refractivity contribution in [2.24, 2.45) is 5.92 Å². The first-order valence-electron chi connectivity index (χ1n) is 10.7. The van der Waals surface area contributed by atoms with Crippen molar-refractivity contribution in [2.75, 3.05) is 32.2 Å². The Morgan fingerprint density at radius 3 is 2.41 bits per heavy atom. The first kappa shape index (κ1) is 23.8. The van der Waals surface area contributed by atoms with Gasteiger partial charge >= 0.3 is 0 Å². The molecule has 0 fully saturated rings. The molecule has 0 atom stereocenters. The maximum absolute atomic E-state index is 13.2. The molecule has 0 unspecified atom stereocenters. The Kier molecular flexibility index (Phi) is 7.94. The lowest BCUT2D eigenvalue weighted by Gasteiger charge is -2.15. The number of carbonyl (C=O) groups excluding carboxylic acids is 2. The van der Waals surface area contributed by atoms with Crippen molar-refractivity contribution in [3.63, 3.8) is 0 Å². The number of rotatable bonds is 10. The van der Waals surface area contributed by atoms with Crippen LogP contribution in [0.5, 0.6) is 5.75 Å². The summed E-state index contributed by atoms with van der Waals surface area (Å²) in [5, 5.41) is 3.71. The number of methoxy groups -OCH3 is 1. The molecule has 0 radical (unpaired) electrons. The van der Waals surface area contributed by atoms with E-state index in [0.29, 0.717) is 47.4 Å². The fourth-order valence-electron chi connectivity index (χ4n) is 3.33. The summed E-state index contributed by atoms with van der Waals surface area (Å²) in [6.45, 7) is 7.41. The molecule has 1 aliphatic heterocycles. The molecule has 0 bridgehead atoms. The number of hydrogen-bond acceptors (Lipinski definition) is 5. The molecule has 1 N–H and O–H groups in total. The van der Waals surface area contributed by atoms with Crippen molar-refractivity contribution in [3.05, 3.63) is 64.3 Å². The van der Waals surface area contributed by atoms with Gasteiger partial charge in [-0.25, -0.2) is 0 Å². The van der Waals surface area contributed by atoms with Crippen molar-refractivity contribution in [1.82, 2.24) is 4.90 Å². The minimum Gasteiger partial charge on any atom is -0.493 e. The number of benzene rings is 2. The molecule has 3 rings (SSSR count). The molecule has 170 valence electrons. The lowest BCUT2D eigenvalue weighted by molar-refractivity contribution is -0.136. The zero-order chi connectivity index (χ0) is 23.3. The summed E-state index contributed by atoms with van der Waals surface area (Å²) in [5.41, 5.74) is 2.79. The Bertz CT molecular complexity index is 1020. The molecule has 2 aromatic rings. The normalized spacial score (nSPS) is 14.0. The summed E-state index contributed by atoms with van der Waals surface area (Å²) < 4.78 is 10.8. The predicted molar refractivity (Wildman–Crippen MR) is 127 cm³/mol. The van der Waals surface area contributed by atoms with Gasteiger partial charge in [0.25, 0.3) is 11.8 Å². The number of ether oxygens (including phenoxy) is 2. The van der Waals surface area contributed by atoms with E-state index in [1.165, 1.54) is 4.90 Å². The molecule has 0 aromatic heterocycles. The van der Waals surface area contributed by atoms with Crippen molar-refractivity contribution >= 4 is 34.7 Å². The topological polar surface area (TPSA) is 67.9 Å². The SMILES string of the molecule is COCCCN1C(=O)C(Nc2ccc(C)c(Cl)c2)=C(c2ccc(OCC(C)C)cc2)C1=O. The summed E-state index contributed by atoms with van der Waals surface area (Å²) in [6, 6.07) is 12.7. The van der Waals surface area contributed by atoms with Crippen LogP contribution in [-0.2, 0) is 14.3 Å². The minimum absolute atomic E-state index is 0.239. The predicted octanol–water partition coefficient (Wildman–Crippen LogP) is 4.91. The van der Waals surface area contributed by atoms with Gasteiger partial charge in [0, 0.05) is 31.0 Å². The minimum atomic E-state index is -0.363. The fraction of sp³-hybridized carbons (Fsp3) is 0.360. The third-order valence-electron chi connectivity index (χ3n) is 5.07. The maximum Gasteiger partial charge on any atom is 0.278 e. The standard InChI is InChI=1S/C25H29ClN2O4/c1-16(2)15-32-20-10-7-18(8-11-20)22-23(27-19-9-6-17(3)21(26)14-19)25(30)28(24(22)29)12-5-13-31-4/h6-11,14,16,27H,5,12-13,15H2,1-4H3. The molecule has 1 aliphatic rings. The van der Waals surface area contributed by atoms with E-state index in [1.807, 2.05) is 31.2 Å². The third-order valence-corrected chi connectivity index (χ3v) is 5.47. The highest BCUT2D eigenvalue weighted by molar-refractivity contribution is 6.36. The van der Waals surface area contributed by atoms with Gasteiger partial charge in [-0.05, 0) is 54.7 Å². The first-order valence-corrected chi connectivity index (χ1v) is 11.1. The van der Waals surface area contributed by atoms with Crippen LogP contribution < -0.4 is 10.1 Å². The maximum atomic E-state index is 13.2. The van der Waals surface area contributed by atoms with Gasteiger partial charge in [-0.15, -0.1) is 0 Å². The van der Waals surface area contributed by atoms with Gasteiger partial charge < -0.3 is 14.8 Å². The number of imide groups is 1. The molecule has 0 aliphatic carbocycles.